The zero-order valence-corrected chi connectivity index (χ0v) is 18.1. The quantitative estimate of drug-likeness (QED) is 0.811. The minimum Gasteiger partial charge on any atom is -0.497 e. The zero-order valence-electron chi connectivity index (χ0n) is 18.1. The van der Waals surface area contributed by atoms with Gasteiger partial charge in [0, 0.05) is 32.2 Å². The number of β-amino-alcohol motifs (C(OH)–C–C–N with tert-alkyl or cyclic N) is 1. The Morgan fingerprint density at radius 2 is 1.62 bits per heavy atom. The van der Waals surface area contributed by atoms with Crippen LogP contribution in [-0.2, 0) is 0 Å². The summed E-state index contributed by atoms with van der Waals surface area (Å²) in [6, 6.07) is 4.97. The number of aliphatic hydroxyl groups excluding tert-OH is 1. The van der Waals surface area contributed by atoms with Crippen LogP contribution >= 0.6 is 0 Å². The predicted octanol–water partition coefficient (Wildman–Crippen LogP) is 4.23. The Morgan fingerprint density at radius 1 is 1.12 bits per heavy atom. The van der Waals surface area contributed by atoms with E-state index in [2.05, 4.69) is 5.32 Å². The highest BCUT2D eigenvalue weighted by Gasteiger charge is 2.16. The molecule has 1 aromatic rings. The number of aliphatic hydroxyl groups is 1. The largest absolute Gasteiger partial charge is 0.497 e. The van der Waals surface area contributed by atoms with Gasteiger partial charge in [-0.2, -0.15) is 0 Å². The van der Waals surface area contributed by atoms with Crippen LogP contribution in [0.5, 0.6) is 11.5 Å². The molecule has 0 bridgehead atoms. The highest BCUT2D eigenvalue weighted by atomic mass is 16.6. The number of hydrogen-bond donors (Lipinski definition) is 2. The molecule has 0 saturated heterocycles. The molecule has 1 atom stereocenters. The molecule has 0 heterocycles. The molecule has 26 heavy (non-hydrogen) atoms. The fourth-order valence-electron chi connectivity index (χ4n) is 1.68. The molecule has 0 aliphatic carbocycles. The van der Waals surface area contributed by atoms with Crippen LogP contribution in [-0.4, -0.2) is 49.4 Å². The minimum absolute atomic E-state index is 0.0972. The van der Waals surface area contributed by atoms with Crippen LogP contribution in [0.15, 0.2) is 18.2 Å². The van der Waals surface area contributed by atoms with Crippen LogP contribution in [0.2, 0.25) is 0 Å². The van der Waals surface area contributed by atoms with Crippen LogP contribution in [0.4, 0.5) is 4.79 Å². The van der Waals surface area contributed by atoms with Gasteiger partial charge in [0.05, 0.1) is 13.2 Å². The lowest BCUT2D eigenvalue weighted by Gasteiger charge is -2.23. The molecule has 1 amide bonds. The molecular weight excluding hydrogens is 332 g/mol. The first-order valence-electron chi connectivity index (χ1n) is 9.13. The molecular formula is C20H38N2O4. The van der Waals surface area contributed by atoms with Crippen molar-refractivity contribution in [1.82, 2.24) is 10.2 Å². The van der Waals surface area contributed by atoms with E-state index in [9.17, 15) is 9.90 Å². The Bertz CT molecular complexity index is 511. The Hall–Kier alpha value is -1.79. The lowest BCUT2D eigenvalue weighted by Crippen LogP contribution is -2.38. The summed E-state index contributed by atoms with van der Waals surface area (Å²) in [5, 5.41) is 13.5. The first-order valence-corrected chi connectivity index (χ1v) is 9.13. The van der Waals surface area contributed by atoms with Crippen LogP contribution < -0.4 is 14.8 Å². The van der Waals surface area contributed by atoms with Crippen molar-refractivity contribution in [3.8, 4) is 11.5 Å². The van der Waals surface area contributed by atoms with E-state index in [1.807, 2.05) is 48.5 Å². The van der Waals surface area contributed by atoms with E-state index in [1.165, 1.54) is 12.0 Å². The lowest BCUT2D eigenvalue weighted by molar-refractivity contribution is 0.161. The van der Waals surface area contributed by atoms with Crippen LogP contribution in [0, 0.1) is 0 Å². The van der Waals surface area contributed by atoms with Gasteiger partial charge in [-0.05, 0) is 38.5 Å². The van der Waals surface area contributed by atoms with Crippen LogP contribution in [0.25, 0.3) is 0 Å². The van der Waals surface area contributed by atoms with E-state index in [1.54, 1.807) is 32.3 Å². The van der Waals surface area contributed by atoms with Crippen molar-refractivity contribution in [1.29, 1.82) is 0 Å². The van der Waals surface area contributed by atoms with Crippen molar-refractivity contribution in [3.63, 3.8) is 0 Å². The second kappa shape index (κ2) is 13.4. The van der Waals surface area contributed by atoms with E-state index < -0.39 is 12.2 Å². The molecule has 1 rings (SSSR count). The van der Waals surface area contributed by atoms with Crippen LogP contribution in [0.1, 0.15) is 60.1 Å². The average Bonchev–Trinajstić information content (AvgIpc) is 2.61. The third-order valence-electron chi connectivity index (χ3n) is 2.92. The predicted molar refractivity (Wildman–Crippen MR) is 108 cm³/mol. The molecule has 1 aromatic carbocycles. The Kier molecular flexibility index (Phi) is 13.6. The molecule has 6 heteroatoms. The van der Waals surface area contributed by atoms with Crippen LogP contribution in [0.3, 0.4) is 0 Å². The first kappa shape index (κ1) is 26.4. The summed E-state index contributed by atoms with van der Waals surface area (Å²) in [5.74, 6) is 0.858. The van der Waals surface area contributed by atoms with Crippen molar-refractivity contribution in [2.75, 3.05) is 27.7 Å². The van der Waals surface area contributed by atoms with Crippen molar-refractivity contribution < 1.29 is 19.4 Å². The molecule has 0 aliphatic rings. The van der Waals surface area contributed by atoms with Gasteiger partial charge in [-0.15, -0.1) is 0 Å². The molecule has 0 aliphatic heterocycles. The Morgan fingerprint density at radius 3 is 2.04 bits per heavy atom. The second-order valence-corrected chi connectivity index (χ2v) is 6.35. The molecule has 1 unspecified atom stereocenters. The second-order valence-electron chi connectivity index (χ2n) is 6.35. The molecule has 0 saturated carbocycles. The normalized spacial score (nSPS) is 11.2. The van der Waals surface area contributed by atoms with Gasteiger partial charge in [-0.1, -0.05) is 27.7 Å². The molecule has 6 nitrogen and oxygen atoms in total. The number of rotatable bonds is 5. The average molecular weight is 371 g/mol. The summed E-state index contributed by atoms with van der Waals surface area (Å²) in [5.41, 5.74) is 0.526. The molecule has 0 aromatic heterocycles. The maximum atomic E-state index is 11.6. The molecule has 0 radical (unpaired) electrons. The number of benzene rings is 1. The third kappa shape index (κ3) is 10.9. The number of hydrogen-bond acceptors (Lipinski definition) is 5. The number of methoxy groups -OCH3 is 1. The number of carbonyl (C=O) groups is 1. The Balaban J connectivity index is 0. The number of amides is 1. The van der Waals surface area contributed by atoms with Gasteiger partial charge in [0.25, 0.3) is 0 Å². The van der Waals surface area contributed by atoms with Gasteiger partial charge in [0.1, 0.15) is 11.5 Å². The van der Waals surface area contributed by atoms with E-state index >= 15 is 0 Å². The van der Waals surface area contributed by atoms with Gasteiger partial charge in [-0.3, -0.25) is 0 Å². The molecule has 2 N–H and O–H groups in total. The van der Waals surface area contributed by atoms with Crippen molar-refractivity contribution >= 4 is 6.09 Å². The summed E-state index contributed by atoms with van der Waals surface area (Å²) in [7, 11) is 4.73. The van der Waals surface area contributed by atoms with Gasteiger partial charge >= 0.3 is 6.09 Å². The molecule has 152 valence electrons. The number of nitrogens with zero attached hydrogens (tertiary/aromatic N) is 1. The van der Waals surface area contributed by atoms with E-state index in [4.69, 9.17) is 9.47 Å². The summed E-state index contributed by atoms with van der Waals surface area (Å²) in [4.78, 5) is 13.0. The van der Waals surface area contributed by atoms with E-state index in [0.717, 1.165) is 0 Å². The van der Waals surface area contributed by atoms with Crippen molar-refractivity contribution in [2.45, 2.75) is 60.1 Å². The number of ether oxygens (including phenoxy) is 2. The topological polar surface area (TPSA) is 71.0 Å². The molecule has 0 spiro atoms. The summed E-state index contributed by atoms with van der Waals surface area (Å²) in [6.07, 6.45) is -1.22. The van der Waals surface area contributed by atoms with E-state index in [-0.39, 0.29) is 5.54 Å². The lowest BCUT2D eigenvalue weighted by atomic mass is 10.1. The monoisotopic (exact) mass is 370 g/mol. The number of nitrogens with one attached hydrogen (secondary N) is 1. The first-order chi connectivity index (χ1) is 12.1. The van der Waals surface area contributed by atoms with Crippen molar-refractivity contribution in [2.24, 2.45) is 0 Å². The van der Waals surface area contributed by atoms with E-state index in [0.29, 0.717) is 23.6 Å². The smallest absolute Gasteiger partial charge is 0.414 e. The highest BCUT2D eigenvalue weighted by Crippen LogP contribution is 2.27. The Labute approximate surface area is 159 Å². The zero-order chi connectivity index (χ0) is 20.9. The summed E-state index contributed by atoms with van der Waals surface area (Å²) in [6.45, 7) is 14.5. The van der Waals surface area contributed by atoms with Gasteiger partial charge in [0.2, 0.25) is 0 Å². The fraction of sp³-hybridized carbons (Fsp3) is 0.650. The third-order valence-corrected chi connectivity index (χ3v) is 2.92. The van der Waals surface area contributed by atoms with Gasteiger partial charge < -0.3 is 24.8 Å². The fourth-order valence-corrected chi connectivity index (χ4v) is 1.68. The summed E-state index contributed by atoms with van der Waals surface area (Å²) >= 11 is 0. The van der Waals surface area contributed by atoms with Gasteiger partial charge in [0.15, 0.2) is 0 Å². The van der Waals surface area contributed by atoms with Crippen molar-refractivity contribution in [3.05, 3.63) is 23.8 Å². The number of carbonyl (C=O) groups excluding carboxylic acids is 1. The summed E-state index contributed by atoms with van der Waals surface area (Å²) < 4.78 is 10.4. The SMILES string of the molecule is CC.CC.COc1cc(OC(=O)N(C)C)cc(C(O)CNC(C)(C)C)c1. The standard InChI is InChI=1S/C16H26N2O4.2C2H6/c1-16(2,3)17-10-14(19)11-7-12(21-6)9-13(8-11)22-15(20)18(4)5;2*1-2/h7-9,14,17,19H,10H2,1-6H3;2*1-2H3. The highest BCUT2D eigenvalue weighted by molar-refractivity contribution is 5.70. The maximum Gasteiger partial charge on any atom is 0.414 e. The minimum atomic E-state index is -0.730. The maximum absolute atomic E-state index is 11.6. The molecule has 0 fully saturated rings. The van der Waals surface area contributed by atoms with Gasteiger partial charge in [-0.25, -0.2) is 4.79 Å².